The highest BCUT2D eigenvalue weighted by Crippen LogP contribution is 2.27. The summed E-state index contributed by atoms with van der Waals surface area (Å²) in [5, 5.41) is 0.894. The Morgan fingerprint density at radius 3 is 2.38 bits per heavy atom. The van der Waals surface area contributed by atoms with Gasteiger partial charge in [-0.3, -0.25) is 9.59 Å². The van der Waals surface area contributed by atoms with Gasteiger partial charge in [-0.2, -0.15) is 0 Å². The summed E-state index contributed by atoms with van der Waals surface area (Å²) in [5.41, 5.74) is 0. The number of hydrogen-bond donors (Lipinski definition) is 0. The number of amides is 2. The summed E-state index contributed by atoms with van der Waals surface area (Å²) in [7, 11) is 0. The Balaban J connectivity index is 1.85. The van der Waals surface area contributed by atoms with E-state index in [9.17, 15) is 9.59 Å². The van der Waals surface area contributed by atoms with Gasteiger partial charge in [-0.05, 0) is 31.0 Å². The largest absolute Gasteiger partial charge is 0.482 e. The van der Waals surface area contributed by atoms with Crippen molar-refractivity contribution < 1.29 is 14.3 Å². The summed E-state index contributed by atoms with van der Waals surface area (Å²) in [6, 6.07) is 4.88. The summed E-state index contributed by atoms with van der Waals surface area (Å²) >= 11 is 11.9. The first kappa shape index (κ1) is 18.9. The molecule has 0 saturated carbocycles. The topological polar surface area (TPSA) is 49.9 Å². The molecule has 2 rings (SSSR count). The zero-order chi connectivity index (χ0) is 17.5. The molecule has 1 aromatic carbocycles. The number of nitrogens with zero attached hydrogens (tertiary/aromatic N) is 2. The van der Waals surface area contributed by atoms with Gasteiger partial charge < -0.3 is 14.5 Å². The van der Waals surface area contributed by atoms with Crippen molar-refractivity contribution in [2.75, 3.05) is 32.8 Å². The highest BCUT2D eigenvalue weighted by molar-refractivity contribution is 6.35. The second-order valence-electron chi connectivity index (χ2n) is 5.73. The van der Waals surface area contributed by atoms with E-state index in [4.69, 9.17) is 27.9 Å². The lowest BCUT2D eigenvalue weighted by Gasteiger charge is -2.22. The van der Waals surface area contributed by atoms with Crippen molar-refractivity contribution in [2.24, 2.45) is 0 Å². The van der Waals surface area contributed by atoms with Crippen LogP contribution in [0.3, 0.4) is 0 Å². The monoisotopic (exact) mass is 372 g/mol. The molecule has 1 heterocycles. The SMILES string of the molecule is CCCC(=O)N1CCCN(C(=O)COc2ccc(Cl)cc2Cl)CC1. The fourth-order valence-corrected chi connectivity index (χ4v) is 3.07. The fourth-order valence-electron chi connectivity index (χ4n) is 2.61. The van der Waals surface area contributed by atoms with Crippen molar-refractivity contribution in [1.29, 1.82) is 0 Å². The van der Waals surface area contributed by atoms with Gasteiger partial charge >= 0.3 is 0 Å². The van der Waals surface area contributed by atoms with E-state index in [1.165, 1.54) is 0 Å². The van der Waals surface area contributed by atoms with Crippen LogP contribution in [0.4, 0.5) is 0 Å². The van der Waals surface area contributed by atoms with E-state index in [0.717, 1.165) is 12.8 Å². The minimum Gasteiger partial charge on any atom is -0.482 e. The lowest BCUT2D eigenvalue weighted by molar-refractivity contribution is -0.134. The number of benzene rings is 1. The summed E-state index contributed by atoms with van der Waals surface area (Å²) in [6.07, 6.45) is 2.18. The Morgan fingerprint density at radius 1 is 1.08 bits per heavy atom. The van der Waals surface area contributed by atoms with Crippen LogP contribution in [-0.4, -0.2) is 54.4 Å². The lowest BCUT2D eigenvalue weighted by atomic mass is 10.3. The molecule has 132 valence electrons. The number of carbonyl (C=O) groups excluding carboxylic acids is 2. The van der Waals surface area contributed by atoms with Gasteiger partial charge in [0, 0.05) is 37.6 Å². The molecule has 24 heavy (non-hydrogen) atoms. The third-order valence-corrected chi connectivity index (χ3v) is 4.44. The molecule has 0 unspecified atom stereocenters. The molecule has 1 aliphatic rings. The molecular weight excluding hydrogens is 351 g/mol. The average molecular weight is 373 g/mol. The third-order valence-electron chi connectivity index (χ3n) is 3.91. The molecule has 0 bridgehead atoms. The lowest BCUT2D eigenvalue weighted by Crippen LogP contribution is -2.39. The molecule has 7 heteroatoms. The van der Waals surface area contributed by atoms with E-state index in [1.54, 1.807) is 23.1 Å². The van der Waals surface area contributed by atoms with E-state index in [0.29, 0.717) is 48.4 Å². The van der Waals surface area contributed by atoms with Crippen molar-refractivity contribution >= 4 is 35.0 Å². The zero-order valence-corrected chi connectivity index (χ0v) is 15.3. The number of hydrogen-bond acceptors (Lipinski definition) is 3. The Kier molecular flexibility index (Phi) is 7.18. The molecule has 1 aromatic rings. The van der Waals surface area contributed by atoms with E-state index in [-0.39, 0.29) is 18.4 Å². The van der Waals surface area contributed by atoms with Crippen molar-refractivity contribution in [3.05, 3.63) is 28.2 Å². The normalized spacial score (nSPS) is 15.1. The second-order valence-corrected chi connectivity index (χ2v) is 6.57. The maximum absolute atomic E-state index is 12.3. The van der Waals surface area contributed by atoms with E-state index in [2.05, 4.69) is 0 Å². The number of halogens is 2. The molecule has 0 N–H and O–H groups in total. The average Bonchev–Trinajstić information content (AvgIpc) is 2.80. The van der Waals surface area contributed by atoms with Crippen molar-refractivity contribution in [1.82, 2.24) is 9.80 Å². The van der Waals surface area contributed by atoms with E-state index >= 15 is 0 Å². The second kappa shape index (κ2) is 9.14. The van der Waals surface area contributed by atoms with Crippen LogP contribution >= 0.6 is 23.2 Å². The number of carbonyl (C=O) groups is 2. The van der Waals surface area contributed by atoms with Crippen LogP contribution in [-0.2, 0) is 9.59 Å². The predicted octanol–water partition coefficient (Wildman–Crippen LogP) is 3.23. The molecule has 5 nitrogen and oxygen atoms in total. The maximum Gasteiger partial charge on any atom is 0.260 e. The van der Waals surface area contributed by atoms with Gasteiger partial charge in [0.15, 0.2) is 6.61 Å². The molecule has 1 saturated heterocycles. The highest BCUT2D eigenvalue weighted by atomic mass is 35.5. The summed E-state index contributed by atoms with van der Waals surface area (Å²) in [4.78, 5) is 27.9. The van der Waals surface area contributed by atoms with E-state index in [1.807, 2.05) is 11.8 Å². The smallest absolute Gasteiger partial charge is 0.260 e. The van der Waals surface area contributed by atoms with Crippen LogP contribution in [0.25, 0.3) is 0 Å². The molecule has 0 aromatic heterocycles. The minimum atomic E-state index is -0.106. The van der Waals surface area contributed by atoms with Crippen molar-refractivity contribution in [2.45, 2.75) is 26.2 Å². The Bertz CT molecular complexity index is 595. The van der Waals surface area contributed by atoms with Crippen molar-refractivity contribution in [3.63, 3.8) is 0 Å². The Hall–Kier alpha value is -1.46. The van der Waals surface area contributed by atoms with Crippen LogP contribution in [0.5, 0.6) is 5.75 Å². The molecule has 1 aliphatic heterocycles. The van der Waals surface area contributed by atoms with Crippen LogP contribution < -0.4 is 4.74 Å². The molecular formula is C17H22Cl2N2O3. The first-order valence-corrected chi connectivity index (χ1v) is 8.90. The Labute approximate surface area is 152 Å². The summed E-state index contributed by atoms with van der Waals surface area (Å²) < 4.78 is 5.50. The van der Waals surface area contributed by atoms with Gasteiger partial charge in [0.05, 0.1) is 5.02 Å². The van der Waals surface area contributed by atoms with E-state index < -0.39 is 0 Å². The van der Waals surface area contributed by atoms with Gasteiger partial charge in [0.1, 0.15) is 5.75 Å². The van der Waals surface area contributed by atoms with Crippen LogP contribution in [0, 0.1) is 0 Å². The van der Waals surface area contributed by atoms with Gasteiger partial charge in [-0.15, -0.1) is 0 Å². The van der Waals surface area contributed by atoms with Gasteiger partial charge in [0.2, 0.25) is 5.91 Å². The Morgan fingerprint density at radius 2 is 1.75 bits per heavy atom. The molecule has 0 atom stereocenters. The standard InChI is InChI=1S/C17H22Cl2N2O3/c1-2-4-16(22)20-7-3-8-21(10-9-20)17(23)12-24-15-6-5-13(18)11-14(15)19/h5-6,11H,2-4,7-10,12H2,1H3. The first-order chi connectivity index (χ1) is 11.5. The quantitative estimate of drug-likeness (QED) is 0.796. The van der Waals surface area contributed by atoms with Gasteiger partial charge in [0.25, 0.3) is 5.91 Å². The summed E-state index contributed by atoms with van der Waals surface area (Å²) in [5.74, 6) is 0.491. The zero-order valence-electron chi connectivity index (χ0n) is 13.8. The van der Waals surface area contributed by atoms with Crippen LogP contribution in [0.1, 0.15) is 26.2 Å². The third kappa shape index (κ3) is 5.28. The first-order valence-electron chi connectivity index (χ1n) is 8.14. The molecule has 0 spiro atoms. The van der Waals surface area contributed by atoms with Gasteiger partial charge in [-0.25, -0.2) is 0 Å². The molecule has 0 aliphatic carbocycles. The molecule has 1 fully saturated rings. The van der Waals surface area contributed by atoms with Crippen LogP contribution in [0.15, 0.2) is 18.2 Å². The van der Waals surface area contributed by atoms with Crippen molar-refractivity contribution in [3.8, 4) is 5.75 Å². The fraction of sp³-hybridized carbons (Fsp3) is 0.529. The van der Waals surface area contributed by atoms with Crippen LogP contribution in [0.2, 0.25) is 10.0 Å². The number of ether oxygens (including phenoxy) is 1. The highest BCUT2D eigenvalue weighted by Gasteiger charge is 2.22. The minimum absolute atomic E-state index is 0.0791. The predicted molar refractivity (Wildman–Crippen MR) is 94.6 cm³/mol. The maximum atomic E-state index is 12.3. The molecule has 2 amide bonds. The number of rotatable bonds is 5. The molecule has 0 radical (unpaired) electrons. The summed E-state index contributed by atoms with van der Waals surface area (Å²) in [6.45, 7) is 4.35. The van der Waals surface area contributed by atoms with Gasteiger partial charge in [-0.1, -0.05) is 30.1 Å².